The first-order chi connectivity index (χ1) is 15.9. The molecule has 172 valence electrons. The Morgan fingerprint density at radius 2 is 2.00 bits per heavy atom. The molecular formula is C23H22Cl2FN5O2. The molecular weight excluding hydrogens is 468 g/mol. The lowest BCUT2D eigenvalue weighted by Crippen LogP contribution is -2.38. The number of halogens is 3. The Bertz CT molecular complexity index is 1250. The fourth-order valence-corrected chi connectivity index (χ4v) is 5.01. The van der Waals surface area contributed by atoms with Gasteiger partial charge in [0, 0.05) is 24.4 Å². The Hall–Kier alpha value is -2.68. The van der Waals surface area contributed by atoms with Crippen molar-refractivity contribution < 1.29 is 13.9 Å². The quantitative estimate of drug-likeness (QED) is 0.505. The van der Waals surface area contributed by atoms with Gasteiger partial charge in [0.25, 0.3) is 0 Å². The van der Waals surface area contributed by atoms with E-state index in [-0.39, 0.29) is 27.1 Å². The molecule has 10 heteroatoms. The van der Waals surface area contributed by atoms with E-state index >= 15 is 0 Å². The molecule has 1 aromatic heterocycles. The molecule has 2 fully saturated rings. The first kappa shape index (κ1) is 22.1. The van der Waals surface area contributed by atoms with Crippen molar-refractivity contribution in [2.45, 2.75) is 19.3 Å². The average molecular weight is 490 g/mol. The maximum Gasteiger partial charge on any atom is 0.227 e. The molecule has 0 atom stereocenters. The van der Waals surface area contributed by atoms with Gasteiger partial charge in [0.15, 0.2) is 5.82 Å². The van der Waals surface area contributed by atoms with E-state index in [1.165, 1.54) is 18.5 Å². The average Bonchev–Trinajstić information content (AvgIpc) is 3.14. The second-order valence-corrected chi connectivity index (χ2v) is 9.30. The van der Waals surface area contributed by atoms with Crippen LogP contribution in [0.4, 0.5) is 21.6 Å². The molecule has 33 heavy (non-hydrogen) atoms. The summed E-state index contributed by atoms with van der Waals surface area (Å²) in [6, 6.07) is 6.59. The lowest BCUT2D eigenvalue weighted by Gasteiger charge is -2.33. The number of fused-ring (bicyclic) bond motifs is 1. The van der Waals surface area contributed by atoms with Crippen molar-refractivity contribution in [2.75, 3.05) is 37.0 Å². The molecule has 3 heterocycles. The standard InChI is InChI=1S/C23H22Cl2FN5O2/c1-33-18-9-16-13(8-17(18)31-11-23(10-19(31)32)4-6-27-7-5-23)22(29-12-28-16)30-15-3-2-14(24)20(25)21(15)26/h2-3,8-9,12,27H,4-7,10-11H2,1H3,(H,28,29,30). The van der Waals surface area contributed by atoms with Crippen molar-refractivity contribution in [3.63, 3.8) is 0 Å². The van der Waals surface area contributed by atoms with Crippen molar-refractivity contribution in [3.05, 3.63) is 46.5 Å². The van der Waals surface area contributed by atoms with Crippen LogP contribution >= 0.6 is 23.2 Å². The predicted octanol–water partition coefficient (Wildman–Crippen LogP) is 4.93. The number of carbonyl (C=O) groups excluding carboxylic acids is 1. The number of piperidine rings is 1. The van der Waals surface area contributed by atoms with Gasteiger partial charge in [-0.15, -0.1) is 0 Å². The van der Waals surface area contributed by atoms with Crippen LogP contribution < -0.4 is 20.3 Å². The maximum absolute atomic E-state index is 14.6. The third kappa shape index (κ3) is 3.96. The number of hydrogen-bond acceptors (Lipinski definition) is 6. The van der Waals surface area contributed by atoms with Gasteiger partial charge in [-0.25, -0.2) is 14.4 Å². The molecule has 0 aliphatic carbocycles. The van der Waals surface area contributed by atoms with Crippen molar-refractivity contribution in [2.24, 2.45) is 5.41 Å². The Morgan fingerprint density at radius 3 is 2.76 bits per heavy atom. The van der Waals surface area contributed by atoms with Gasteiger partial charge in [0.2, 0.25) is 5.91 Å². The fourth-order valence-electron chi connectivity index (χ4n) is 4.70. The van der Waals surface area contributed by atoms with E-state index in [9.17, 15) is 9.18 Å². The van der Waals surface area contributed by atoms with Crippen molar-refractivity contribution in [3.8, 4) is 5.75 Å². The van der Waals surface area contributed by atoms with Gasteiger partial charge in [0.05, 0.1) is 34.0 Å². The normalized spacial score (nSPS) is 17.7. The Kier molecular flexibility index (Phi) is 5.76. The van der Waals surface area contributed by atoms with E-state index in [2.05, 4.69) is 20.6 Å². The summed E-state index contributed by atoms with van der Waals surface area (Å²) in [6.07, 6.45) is 3.81. The van der Waals surface area contributed by atoms with Crippen molar-refractivity contribution >= 4 is 57.2 Å². The van der Waals surface area contributed by atoms with Gasteiger partial charge >= 0.3 is 0 Å². The molecule has 5 rings (SSSR count). The van der Waals surface area contributed by atoms with Gasteiger partial charge in [-0.2, -0.15) is 0 Å². The SMILES string of the molecule is COc1cc2ncnc(Nc3ccc(Cl)c(Cl)c3F)c2cc1N1CC2(CCNCC2)CC1=O. The zero-order valence-electron chi connectivity index (χ0n) is 17.9. The van der Waals surface area contributed by atoms with Crippen LogP contribution in [0.2, 0.25) is 10.0 Å². The number of ether oxygens (including phenoxy) is 1. The minimum absolute atomic E-state index is 0.0280. The first-order valence-corrected chi connectivity index (χ1v) is 11.4. The van der Waals surface area contributed by atoms with Gasteiger partial charge in [-0.1, -0.05) is 23.2 Å². The van der Waals surface area contributed by atoms with E-state index in [1.807, 2.05) is 6.07 Å². The van der Waals surface area contributed by atoms with Gasteiger partial charge in [-0.3, -0.25) is 4.79 Å². The zero-order chi connectivity index (χ0) is 23.2. The number of nitrogens with zero attached hydrogens (tertiary/aromatic N) is 3. The highest BCUT2D eigenvalue weighted by Gasteiger charge is 2.44. The molecule has 2 saturated heterocycles. The number of hydrogen-bond donors (Lipinski definition) is 2. The topological polar surface area (TPSA) is 79.4 Å². The highest BCUT2D eigenvalue weighted by atomic mass is 35.5. The summed E-state index contributed by atoms with van der Waals surface area (Å²) in [5.74, 6) is 0.320. The highest BCUT2D eigenvalue weighted by molar-refractivity contribution is 6.42. The van der Waals surface area contributed by atoms with E-state index < -0.39 is 5.82 Å². The maximum atomic E-state index is 14.6. The van der Waals surface area contributed by atoms with Crippen LogP contribution in [0, 0.1) is 11.2 Å². The van der Waals surface area contributed by atoms with Crippen LogP contribution in [0.3, 0.4) is 0 Å². The number of carbonyl (C=O) groups is 1. The number of anilines is 3. The molecule has 1 amide bonds. The summed E-state index contributed by atoms with van der Waals surface area (Å²) < 4.78 is 20.3. The van der Waals surface area contributed by atoms with Gasteiger partial charge < -0.3 is 20.3 Å². The minimum atomic E-state index is -0.674. The van der Waals surface area contributed by atoms with Crippen LogP contribution in [-0.4, -0.2) is 42.6 Å². The molecule has 2 N–H and O–H groups in total. The molecule has 1 spiro atoms. The van der Waals surface area contributed by atoms with E-state index in [1.54, 1.807) is 18.1 Å². The summed E-state index contributed by atoms with van der Waals surface area (Å²) in [4.78, 5) is 23.5. The van der Waals surface area contributed by atoms with Gasteiger partial charge in [-0.05, 0) is 49.5 Å². The molecule has 2 aliphatic heterocycles. The summed E-state index contributed by atoms with van der Waals surface area (Å²) in [6.45, 7) is 2.45. The summed E-state index contributed by atoms with van der Waals surface area (Å²) in [7, 11) is 1.57. The van der Waals surface area contributed by atoms with Crippen molar-refractivity contribution in [1.82, 2.24) is 15.3 Å². The Balaban J connectivity index is 1.57. The first-order valence-electron chi connectivity index (χ1n) is 10.7. The van der Waals surface area contributed by atoms with E-state index in [0.717, 1.165) is 25.9 Å². The number of rotatable bonds is 4. The Morgan fingerprint density at radius 1 is 1.21 bits per heavy atom. The molecule has 0 radical (unpaired) electrons. The summed E-state index contributed by atoms with van der Waals surface area (Å²) >= 11 is 11.9. The van der Waals surface area contributed by atoms with Gasteiger partial charge in [0.1, 0.15) is 17.9 Å². The molecule has 7 nitrogen and oxygen atoms in total. The van der Waals surface area contributed by atoms with Crippen molar-refractivity contribution in [1.29, 1.82) is 0 Å². The monoisotopic (exact) mass is 489 g/mol. The molecule has 0 bridgehead atoms. The lowest BCUT2D eigenvalue weighted by molar-refractivity contribution is -0.117. The molecule has 0 saturated carbocycles. The van der Waals surface area contributed by atoms with E-state index in [4.69, 9.17) is 27.9 Å². The Labute approximate surface area is 200 Å². The largest absolute Gasteiger partial charge is 0.494 e. The minimum Gasteiger partial charge on any atom is -0.494 e. The summed E-state index contributed by atoms with van der Waals surface area (Å²) in [5.41, 5.74) is 1.35. The number of nitrogens with one attached hydrogen (secondary N) is 2. The third-order valence-corrected chi connectivity index (χ3v) is 7.28. The van der Waals surface area contributed by atoms with Crippen LogP contribution in [0.25, 0.3) is 10.9 Å². The third-order valence-electron chi connectivity index (χ3n) is 6.50. The van der Waals surface area contributed by atoms with Crippen LogP contribution in [0.5, 0.6) is 5.75 Å². The van der Waals surface area contributed by atoms with E-state index in [0.29, 0.717) is 41.1 Å². The highest BCUT2D eigenvalue weighted by Crippen LogP contribution is 2.45. The molecule has 3 aromatic rings. The predicted molar refractivity (Wildman–Crippen MR) is 127 cm³/mol. The molecule has 2 aliphatic rings. The number of methoxy groups -OCH3 is 1. The number of aromatic nitrogens is 2. The van der Waals surface area contributed by atoms with Crippen LogP contribution in [0.1, 0.15) is 19.3 Å². The second kappa shape index (κ2) is 8.59. The zero-order valence-corrected chi connectivity index (χ0v) is 19.4. The molecule has 2 aromatic carbocycles. The smallest absolute Gasteiger partial charge is 0.227 e. The summed E-state index contributed by atoms with van der Waals surface area (Å²) in [5, 5.41) is 6.93. The lowest BCUT2D eigenvalue weighted by atomic mass is 9.78. The number of benzene rings is 2. The number of amides is 1. The molecule has 0 unspecified atom stereocenters. The second-order valence-electron chi connectivity index (χ2n) is 8.52. The fraction of sp³-hybridized carbons (Fsp3) is 0.348. The van der Waals surface area contributed by atoms with Crippen LogP contribution in [0.15, 0.2) is 30.6 Å². The van der Waals surface area contributed by atoms with Crippen LogP contribution in [-0.2, 0) is 4.79 Å².